The number of para-hydroxylation sites is 1. The SMILES string of the molecule is CCOc1cccc2sc(N(Cc3cccnc3)C(=O)c3ccc(Cl)s3)nc12. The molecule has 0 saturated heterocycles. The molecule has 1 aromatic carbocycles. The van der Waals surface area contributed by atoms with E-state index in [-0.39, 0.29) is 5.91 Å². The summed E-state index contributed by atoms with van der Waals surface area (Å²) in [6, 6.07) is 13.1. The smallest absolute Gasteiger partial charge is 0.270 e. The van der Waals surface area contributed by atoms with Crippen LogP contribution in [-0.4, -0.2) is 22.5 Å². The van der Waals surface area contributed by atoms with Crippen molar-refractivity contribution in [3.63, 3.8) is 0 Å². The fraction of sp³-hybridized carbons (Fsp3) is 0.150. The Kier molecular flexibility index (Phi) is 5.57. The predicted molar refractivity (Wildman–Crippen MR) is 115 cm³/mol. The first-order valence-electron chi connectivity index (χ1n) is 8.64. The lowest BCUT2D eigenvalue weighted by Gasteiger charge is -2.19. The molecule has 0 N–H and O–H groups in total. The van der Waals surface area contributed by atoms with Gasteiger partial charge in [-0.2, -0.15) is 0 Å². The maximum absolute atomic E-state index is 13.2. The molecular formula is C20H16ClN3O2S2. The van der Waals surface area contributed by atoms with Crippen molar-refractivity contribution in [1.82, 2.24) is 9.97 Å². The van der Waals surface area contributed by atoms with Gasteiger partial charge in [-0.05, 0) is 42.8 Å². The van der Waals surface area contributed by atoms with Gasteiger partial charge < -0.3 is 4.74 Å². The first kappa shape index (κ1) is 18.9. The summed E-state index contributed by atoms with van der Waals surface area (Å²) in [5.41, 5.74) is 1.68. The molecule has 142 valence electrons. The Morgan fingerprint density at radius 2 is 2.07 bits per heavy atom. The van der Waals surface area contributed by atoms with E-state index in [1.165, 1.54) is 22.7 Å². The van der Waals surface area contributed by atoms with Gasteiger partial charge in [0.1, 0.15) is 11.3 Å². The number of rotatable bonds is 6. The van der Waals surface area contributed by atoms with E-state index in [4.69, 9.17) is 21.3 Å². The molecule has 4 aromatic rings. The van der Waals surface area contributed by atoms with Crippen molar-refractivity contribution in [2.75, 3.05) is 11.5 Å². The van der Waals surface area contributed by atoms with E-state index < -0.39 is 0 Å². The number of amides is 1. The molecule has 0 spiro atoms. The normalized spacial score (nSPS) is 10.9. The molecule has 0 aliphatic heterocycles. The molecule has 1 amide bonds. The van der Waals surface area contributed by atoms with Crippen LogP contribution >= 0.6 is 34.3 Å². The first-order chi connectivity index (χ1) is 13.7. The Morgan fingerprint density at radius 1 is 1.18 bits per heavy atom. The van der Waals surface area contributed by atoms with E-state index in [1.807, 2.05) is 37.3 Å². The molecule has 0 bridgehead atoms. The number of ether oxygens (including phenoxy) is 1. The van der Waals surface area contributed by atoms with Gasteiger partial charge in [-0.3, -0.25) is 14.7 Å². The molecule has 28 heavy (non-hydrogen) atoms. The number of nitrogens with zero attached hydrogens (tertiary/aromatic N) is 3. The molecule has 0 aliphatic rings. The number of aromatic nitrogens is 2. The number of thiazole rings is 1. The van der Waals surface area contributed by atoms with Crippen LogP contribution in [0.15, 0.2) is 54.9 Å². The van der Waals surface area contributed by atoms with Crippen LogP contribution in [0.1, 0.15) is 22.2 Å². The second kappa shape index (κ2) is 8.26. The summed E-state index contributed by atoms with van der Waals surface area (Å²) >= 11 is 8.76. The molecule has 0 radical (unpaired) electrons. The number of pyridine rings is 1. The summed E-state index contributed by atoms with van der Waals surface area (Å²) < 4.78 is 7.24. The van der Waals surface area contributed by atoms with Gasteiger partial charge >= 0.3 is 0 Å². The molecule has 3 heterocycles. The lowest BCUT2D eigenvalue weighted by Crippen LogP contribution is -2.29. The fourth-order valence-corrected chi connectivity index (χ4v) is 4.73. The molecular weight excluding hydrogens is 414 g/mol. The van der Waals surface area contributed by atoms with Crippen molar-refractivity contribution in [3.05, 3.63) is 69.6 Å². The van der Waals surface area contributed by atoms with E-state index in [0.717, 1.165) is 21.5 Å². The number of halogens is 1. The maximum Gasteiger partial charge on any atom is 0.270 e. The molecule has 0 atom stereocenters. The number of anilines is 1. The average molecular weight is 430 g/mol. The number of carbonyl (C=O) groups is 1. The Hall–Kier alpha value is -2.48. The van der Waals surface area contributed by atoms with Gasteiger partial charge in [-0.15, -0.1) is 11.3 Å². The Bertz CT molecular complexity index is 1110. The second-order valence-electron chi connectivity index (χ2n) is 5.89. The van der Waals surface area contributed by atoms with Crippen molar-refractivity contribution in [2.45, 2.75) is 13.5 Å². The quantitative estimate of drug-likeness (QED) is 0.397. The van der Waals surface area contributed by atoms with E-state index in [0.29, 0.717) is 27.5 Å². The molecule has 8 heteroatoms. The van der Waals surface area contributed by atoms with Crippen LogP contribution in [0.3, 0.4) is 0 Å². The predicted octanol–water partition coefficient (Wildman–Crippen LogP) is 5.65. The summed E-state index contributed by atoms with van der Waals surface area (Å²) in [5, 5.41) is 0.612. The van der Waals surface area contributed by atoms with Crippen molar-refractivity contribution < 1.29 is 9.53 Å². The maximum atomic E-state index is 13.2. The summed E-state index contributed by atoms with van der Waals surface area (Å²) in [4.78, 5) is 24.4. The van der Waals surface area contributed by atoms with Gasteiger partial charge in [0.2, 0.25) is 0 Å². The van der Waals surface area contributed by atoms with Crippen molar-refractivity contribution in [1.29, 1.82) is 0 Å². The largest absolute Gasteiger partial charge is 0.492 e. The summed E-state index contributed by atoms with van der Waals surface area (Å²) in [7, 11) is 0. The number of hydrogen-bond donors (Lipinski definition) is 0. The van der Waals surface area contributed by atoms with Crippen LogP contribution in [0.25, 0.3) is 10.2 Å². The zero-order valence-electron chi connectivity index (χ0n) is 15.0. The van der Waals surface area contributed by atoms with Gasteiger partial charge in [0.15, 0.2) is 5.13 Å². The number of hydrogen-bond acceptors (Lipinski definition) is 6. The van der Waals surface area contributed by atoms with Crippen LogP contribution < -0.4 is 9.64 Å². The standard InChI is InChI=1S/C20H16ClN3O2S2/c1-2-26-14-6-3-7-15-18(14)23-20(28-15)24(12-13-5-4-10-22-11-13)19(25)16-8-9-17(21)27-16/h3-11H,2,12H2,1H3. The Morgan fingerprint density at radius 3 is 2.79 bits per heavy atom. The molecule has 0 aliphatic carbocycles. The summed E-state index contributed by atoms with van der Waals surface area (Å²) in [6.07, 6.45) is 3.46. The van der Waals surface area contributed by atoms with Crippen LogP contribution in [0, 0.1) is 0 Å². The monoisotopic (exact) mass is 429 g/mol. The van der Waals surface area contributed by atoms with Gasteiger partial charge in [-0.1, -0.05) is 35.1 Å². The third kappa shape index (κ3) is 3.87. The van der Waals surface area contributed by atoms with Gasteiger partial charge in [0.25, 0.3) is 5.91 Å². The highest BCUT2D eigenvalue weighted by Crippen LogP contribution is 2.36. The first-order valence-corrected chi connectivity index (χ1v) is 10.6. The van der Waals surface area contributed by atoms with Gasteiger partial charge in [0.05, 0.1) is 27.1 Å². The highest BCUT2D eigenvalue weighted by atomic mass is 35.5. The molecule has 4 rings (SSSR count). The van der Waals surface area contributed by atoms with E-state index in [9.17, 15) is 4.79 Å². The zero-order chi connectivity index (χ0) is 19.5. The average Bonchev–Trinajstić information content (AvgIpc) is 3.33. The van der Waals surface area contributed by atoms with Gasteiger partial charge in [0, 0.05) is 12.4 Å². The summed E-state index contributed by atoms with van der Waals surface area (Å²) in [5.74, 6) is 0.577. The lowest BCUT2D eigenvalue weighted by molar-refractivity contribution is 0.0989. The number of thiophene rings is 1. The topological polar surface area (TPSA) is 55.3 Å². The molecule has 0 saturated carbocycles. The van der Waals surface area contributed by atoms with E-state index >= 15 is 0 Å². The van der Waals surface area contributed by atoms with Crippen molar-refractivity contribution in [2.24, 2.45) is 0 Å². The Balaban J connectivity index is 1.77. The number of carbonyl (C=O) groups excluding carboxylic acids is 1. The van der Waals surface area contributed by atoms with Crippen molar-refractivity contribution in [3.8, 4) is 5.75 Å². The minimum Gasteiger partial charge on any atom is -0.492 e. The van der Waals surface area contributed by atoms with Gasteiger partial charge in [-0.25, -0.2) is 4.98 Å². The minimum atomic E-state index is -0.141. The Labute approximate surface area is 175 Å². The number of fused-ring (bicyclic) bond motifs is 1. The highest BCUT2D eigenvalue weighted by molar-refractivity contribution is 7.22. The third-order valence-corrected chi connectivity index (χ3v) is 6.26. The third-order valence-electron chi connectivity index (χ3n) is 3.99. The van der Waals surface area contributed by atoms with Crippen LogP contribution in [-0.2, 0) is 6.54 Å². The molecule has 3 aromatic heterocycles. The zero-order valence-corrected chi connectivity index (χ0v) is 17.4. The summed E-state index contributed by atoms with van der Waals surface area (Å²) in [6.45, 7) is 2.86. The van der Waals surface area contributed by atoms with Crippen LogP contribution in [0.5, 0.6) is 5.75 Å². The molecule has 0 fully saturated rings. The highest BCUT2D eigenvalue weighted by Gasteiger charge is 2.24. The van der Waals surface area contributed by atoms with Crippen molar-refractivity contribution >= 4 is 55.5 Å². The van der Waals surface area contributed by atoms with Crippen LogP contribution in [0.2, 0.25) is 4.34 Å². The fourth-order valence-electron chi connectivity index (χ4n) is 2.76. The lowest BCUT2D eigenvalue weighted by atomic mass is 10.2. The van der Waals surface area contributed by atoms with Crippen LogP contribution in [0.4, 0.5) is 5.13 Å². The van der Waals surface area contributed by atoms with E-state index in [1.54, 1.807) is 29.4 Å². The second-order valence-corrected chi connectivity index (χ2v) is 8.61. The van der Waals surface area contributed by atoms with E-state index in [2.05, 4.69) is 4.98 Å². The molecule has 0 unspecified atom stereocenters. The molecule has 5 nitrogen and oxygen atoms in total. The minimum absolute atomic E-state index is 0.141. The number of benzene rings is 1.